The highest BCUT2D eigenvalue weighted by Crippen LogP contribution is 2.48. The van der Waals surface area contributed by atoms with Gasteiger partial charge in [0.05, 0.1) is 7.11 Å². The Bertz CT molecular complexity index is 408. The van der Waals surface area contributed by atoms with Crippen molar-refractivity contribution in [1.29, 1.82) is 0 Å². The van der Waals surface area contributed by atoms with E-state index >= 15 is 0 Å². The Morgan fingerprint density at radius 2 is 2.06 bits per heavy atom. The van der Waals surface area contributed by atoms with Gasteiger partial charge in [0.15, 0.2) is 0 Å². The van der Waals surface area contributed by atoms with Gasteiger partial charge in [-0.15, -0.1) is 0 Å². The fourth-order valence-corrected chi connectivity index (χ4v) is 2.60. The third-order valence-electron chi connectivity index (χ3n) is 4.03. The van der Waals surface area contributed by atoms with Crippen molar-refractivity contribution in [2.24, 2.45) is 0 Å². The van der Waals surface area contributed by atoms with Gasteiger partial charge < -0.3 is 10.1 Å². The van der Waals surface area contributed by atoms with E-state index in [2.05, 4.69) is 44.3 Å². The summed E-state index contributed by atoms with van der Waals surface area (Å²) in [4.78, 5) is 0. The van der Waals surface area contributed by atoms with E-state index in [9.17, 15) is 0 Å². The number of likely N-dealkylation sites (N-methyl/N-ethyl adjacent to an activating group) is 1. The van der Waals surface area contributed by atoms with Crippen LogP contribution in [0.1, 0.15) is 50.7 Å². The van der Waals surface area contributed by atoms with Gasteiger partial charge in [0, 0.05) is 12.0 Å². The molecule has 0 spiro atoms. The zero-order chi connectivity index (χ0) is 13.2. The van der Waals surface area contributed by atoms with E-state index in [1.807, 2.05) is 0 Å². The molecule has 1 fully saturated rings. The van der Waals surface area contributed by atoms with E-state index < -0.39 is 0 Å². The van der Waals surface area contributed by atoms with Gasteiger partial charge in [-0.3, -0.25) is 0 Å². The molecule has 100 valence electrons. The van der Waals surface area contributed by atoms with Crippen molar-refractivity contribution >= 4 is 0 Å². The van der Waals surface area contributed by atoms with Crippen LogP contribution in [-0.4, -0.2) is 20.2 Å². The number of hydrogen-bond acceptors (Lipinski definition) is 2. The van der Waals surface area contributed by atoms with Gasteiger partial charge in [0.2, 0.25) is 0 Å². The molecule has 2 nitrogen and oxygen atoms in total. The minimum atomic E-state index is 0.395. The molecule has 2 heteroatoms. The molecule has 2 rings (SSSR count). The van der Waals surface area contributed by atoms with Crippen LogP contribution in [0.4, 0.5) is 0 Å². The molecule has 18 heavy (non-hydrogen) atoms. The van der Waals surface area contributed by atoms with Crippen LogP contribution in [0.15, 0.2) is 18.2 Å². The molecule has 1 aromatic carbocycles. The summed E-state index contributed by atoms with van der Waals surface area (Å²) in [6, 6.07) is 6.74. The maximum atomic E-state index is 5.46. The topological polar surface area (TPSA) is 21.3 Å². The molecule has 0 aromatic heterocycles. The summed E-state index contributed by atoms with van der Waals surface area (Å²) < 4.78 is 5.46. The Morgan fingerprint density at radius 3 is 2.56 bits per heavy atom. The molecule has 0 heterocycles. The summed E-state index contributed by atoms with van der Waals surface area (Å²) >= 11 is 0. The van der Waals surface area contributed by atoms with E-state index in [4.69, 9.17) is 4.74 Å². The maximum absolute atomic E-state index is 5.46. The summed E-state index contributed by atoms with van der Waals surface area (Å²) in [5.41, 5.74) is 3.21. The predicted octanol–water partition coefficient (Wildman–Crippen LogP) is 3.46. The molecule has 1 N–H and O–H groups in total. The molecule has 0 saturated heterocycles. The Balaban J connectivity index is 2.27. The van der Waals surface area contributed by atoms with E-state index in [1.165, 1.54) is 24.0 Å². The molecule has 0 bridgehead atoms. The molecule has 1 saturated carbocycles. The third kappa shape index (κ3) is 2.54. The monoisotopic (exact) mass is 247 g/mol. The van der Waals surface area contributed by atoms with Crippen LogP contribution in [0, 0.1) is 0 Å². The Morgan fingerprint density at radius 1 is 1.33 bits per heavy atom. The van der Waals surface area contributed by atoms with Gasteiger partial charge in [0.1, 0.15) is 5.75 Å². The van der Waals surface area contributed by atoms with Gasteiger partial charge in [0.25, 0.3) is 0 Å². The highest BCUT2D eigenvalue weighted by atomic mass is 16.5. The van der Waals surface area contributed by atoms with Crippen molar-refractivity contribution in [3.05, 3.63) is 29.3 Å². The van der Waals surface area contributed by atoms with Crippen LogP contribution in [0.5, 0.6) is 5.75 Å². The minimum absolute atomic E-state index is 0.395. The van der Waals surface area contributed by atoms with Gasteiger partial charge >= 0.3 is 0 Å². The summed E-state index contributed by atoms with van der Waals surface area (Å²) in [5.74, 6) is 1.53. The zero-order valence-electron chi connectivity index (χ0n) is 12.0. The first-order valence-electron chi connectivity index (χ1n) is 7.02. The Labute approximate surface area is 111 Å². The van der Waals surface area contributed by atoms with Crippen molar-refractivity contribution in [3.63, 3.8) is 0 Å². The van der Waals surface area contributed by atoms with Gasteiger partial charge in [-0.1, -0.05) is 32.9 Å². The summed E-state index contributed by atoms with van der Waals surface area (Å²) in [6.45, 7) is 8.78. The second-order valence-electron chi connectivity index (χ2n) is 5.67. The first kappa shape index (κ1) is 13.4. The van der Waals surface area contributed by atoms with Crippen LogP contribution >= 0.6 is 0 Å². The van der Waals surface area contributed by atoms with Crippen LogP contribution in [0.2, 0.25) is 0 Å². The average Bonchev–Trinajstić information content (AvgIpc) is 3.16. The van der Waals surface area contributed by atoms with Gasteiger partial charge in [-0.25, -0.2) is 0 Å². The predicted molar refractivity (Wildman–Crippen MR) is 76.5 cm³/mol. The van der Waals surface area contributed by atoms with E-state index in [0.29, 0.717) is 11.3 Å². The lowest BCUT2D eigenvalue weighted by Gasteiger charge is -2.20. The fraction of sp³-hybridized carbons (Fsp3) is 0.625. The highest BCUT2D eigenvalue weighted by molar-refractivity contribution is 5.44. The molecular formula is C16H25NO. The quantitative estimate of drug-likeness (QED) is 0.831. The largest absolute Gasteiger partial charge is 0.496 e. The van der Waals surface area contributed by atoms with Crippen LogP contribution in [0.25, 0.3) is 0 Å². The molecule has 1 aliphatic carbocycles. The Kier molecular flexibility index (Phi) is 3.96. The highest BCUT2D eigenvalue weighted by Gasteiger charge is 2.43. The lowest BCUT2D eigenvalue weighted by atomic mass is 9.91. The summed E-state index contributed by atoms with van der Waals surface area (Å²) in [5, 5.41) is 3.50. The number of rotatable bonds is 6. The first-order valence-corrected chi connectivity index (χ1v) is 7.02. The summed E-state index contributed by atoms with van der Waals surface area (Å²) in [6.07, 6.45) is 2.62. The number of hydrogen-bond donors (Lipinski definition) is 1. The summed E-state index contributed by atoms with van der Waals surface area (Å²) in [7, 11) is 1.76. The zero-order valence-corrected chi connectivity index (χ0v) is 12.0. The van der Waals surface area contributed by atoms with Crippen molar-refractivity contribution in [3.8, 4) is 5.75 Å². The molecular weight excluding hydrogens is 222 g/mol. The number of ether oxygens (including phenoxy) is 1. The van der Waals surface area contributed by atoms with Crippen molar-refractivity contribution in [1.82, 2.24) is 5.32 Å². The SMILES string of the molecule is CCNCC1(c2ccc(OC)c(C(C)C)c2)CC1. The van der Waals surface area contributed by atoms with E-state index in [0.717, 1.165) is 18.8 Å². The van der Waals surface area contributed by atoms with Gasteiger partial charge in [-0.2, -0.15) is 0 Å². The van der Waals surface area contributed by atoms with Crippen LogP contribution in [0.3, 0.4) is 0 Å². The Hall–Kier alpha value is -1.02. The molecule has 0 atom stereocenters. The maximum Gasteiger partial charge on any atom is 0.122 e. The molecule has 0 amide bonds. The number of benzene rings is 1. The lowest BCUT2D eigenvalue weighted by Crippen LogP contribution is -2.26. The minimum Gasteiger partial charge on any atom is -0.496 e. The number of nitrogens with one attached hydrogen (secondary N) is 1. The lowest BCUT2D eigenvalue weighted by molar-refractivity contribution is 0.407. The second kappa shape index (κ2) is 5.31. The van der Waals surface area contributed by atoms with Crippen molar-refractivity contribution < 1.29 is 4.74 Å². The van der Waals surface area contributed by atoms with E-state index in [1.54, 1.807) is 7.11 Å². The third-order valence-corrected chi connectivity index (χ3v) is 4.03. The first-order chi connectivity index (χ1) is 8.63. The normalized spacial score (nSPS) is 16.9. The fourth-order valence-electron chi connectivity index (χ4n) is 2.60. The molecule has 0 aliphatic heterocycles. The van der Waals surface area contributed by atoms with Crippen LogP contribution < -0.4 is 10.1 Å². The van der Waals surface area contributed by atoms with Crippen molar-refractivity contribution in [2.75, 3.05) is 20.2 Å². The van der Waals surface area contributed by atoms with Gasteiger partial charge in [-0.05, 0) is 42.5 Å². The average molecular weight is 247 g/mol. The number of methoxy groups -OCH3 is 1. The molecule has 1 aliphatic rings. The molecule has 1 aromatic rings. The van der Waals surface area contributed by atoms with Crippen molar-refractivity contribution in [2.45, 2.75) is 44.9 Å². The van der Waals surface area contributed by atoms with Crippen LogP contribution in [-0.2, 0) is 5.41 Å². The molecule has 0 unspecified atom stereocenters. The smallest absolute Gasteiger partial charge is 0.122 e. The molecule has 0 radical (unpaired) electrons. The van der Waals surface area contributed by atoms with E-state index in [-0.39, 0.29) is 0 Å². The second-order valence-corrected chi connectivity index (χ2v) is 5.67. The standard InChI is InChI=1S/C16H25NO/c1-5-17-11-16(8-9-16)13-6-7-15(18-4)14(10-13)12(2)3/h6-7,10,12,17H,5,8-9,11H2,1-4H3.